The van der Waals surface area contributed by atoms with E-state index in [4.69, 9.17) is 0 Å². The summed E-state index contributed by atoms with van der Waals surface area (Å²) in [6, 6.07) is 6.24. The van der Waals surface area contributed by atoms with E-state index in [1.807, 2.05) is 0 Å². The zero-order chi connectivity index (χ0) is 14.6. The molecule has 20 heavy (non-hydrogen) atoms. The van der Waals surface area contributed by atoms with Gasteiger partial charge in [0.2, 0.25) is 0 Å². The van der Waals surface area contributed by atoms with E-state index in [2.05, 4.69) is 20.4 Å². The minimum Gasteiger partial charge on any atom is -0.484 e. The summed E-state index contributed by atoms with van der Waals surface area (Å²) in [5, 5.41) is 10.8. The minimum absolute atomic E-state index is 0.173. The first kappa shape index (κ1) is 14.2. The van der Waals surface area contributed by atoms with Gasteiger partial charge in [-0.2, -0.15) is 13.2 Å². The highest BCUT2D eigenvalue weighted by atomic mass is 19.4. The van der Waals surface area contributed by atoms with Crippen molar-refractivity contribution >= 4 is 5.69 Å². The van der Waals surface area contributed by atoms with Gasteiger partial charge in [-0.1, -0.05) is 5.21 Å². The Morgan fingerprint density at radius 2 is 1.95 bits per heavy atom. The van der Waals surface area contributed by atoms with E-state index in [0.29, 0.717) is 6.54 Å². The van der Waals surface area contributed by atoms with E-state index in [1.54, 1.807) is 30.1 Å². The van der Waals surface area contributed by atoms with Crippen LogP contribution in [0.25, 0.3) is 0 Å². The van der Waals surface area contributed by atoms with Crippen molar-refractivity contribution in [2.45, 2.75) is 12.7 Å². The van der Waals surface area contributed by atoms with Crippen molar-refractivity contribution in [2.75, 3.05) is 11.9 Å². The fourth-order valence-corrected chi connectivity index (χ4v) is 1.50. The maximum Gasteiger partial charge on any atom is 0.422 e. The minimum atomic E-state index is -4.33. The van der Waals surface area contributed by atoms with Crippen LogP contribution < -0.4 is 10.1 Å². The average molecular weight is 286 g/mol. The molecule has 0 aliphatic heterocycles. The predicted molar refractivity (Wildman–Crippen MR) is 66.3 cm³/mol. The van der Waals surface area contributed by atoms with Crippen molar-refractivity contribution in [3.8, 4) is 5.75 Å². The molecule has 0 aliphatic carbocycles. The first-order valence-electron chi connectivity index (χ1n) is 5.81. The number of alkyl halides is 3. The van der Waals surface area contributed by atoms with Gasteiger partial charge in [0.15, 0.2) is 6.61 Å². The van der Waals surface area contributed by atoms with Crippen molar-refractivity contribution in [1.82, 2.24) is 15.0 Å². The number of halogens is 3. The van der Waals surface area contributed by atoms with Crippen molar-refractivity contribution in [1.29, 1.82) is 0 Å². The molecule has 1 aromatic heterocycles. The Bertz CT molecular complexity index is 551. The summed E-state index contributed by atoms with van der Waals surface area (Å²) in [7, 11) is 1.77. The van der Waals surface area contributed by atoms with Crippen LogP contribution in [0, 0.1) is 0 Å². The molecule has 108 valence electrons. The summed E-state index contributed by atoms with van der Waals surface area (Å²) in [5.74, 6) is 0.173. The number of nitrogens with one attached hydrogen (secondary N) is 1. The highest BCUT2D eigenvalue weighted by molar-refractivity contribution is 5.46. The molecule has 5 nitrogen and oxygen atoms in total. The van der Waals surface area contributed by atoms with Gasteiger partial charge in [-0.25, -0.2) is 0 Å². The lowest BCUT2D eigenvalue weighted by Crippen LogP contribution is -2.19. The highest BCUT2D eigenvalue weighted by Gasteiger charge is 2.28. The molecule has 0 atom stereocenters. The Morgan fingerprint density at radius 3 is 2.50 bits per heavy atom. The number of aromatic nitrogens is 3. The predicted octanol–water partition coefficient (Wildman–Crippen LogP) is 2.37. The summed E-state index contributed by atoms with van der Waals surface area (Å²) in [6.45, 7) is -0.810. The van der Waals surface area contributed by atoms with Crippen LogP contribution in [0.5, 0.6) is 5.75 Å². The lowest BCUT2D eigenvalue weighted by Gasteiger charge is -2.10. The summed E-state index contributed by atoms with van der Waals surface area (Å²) in [5.41, 5.74) is 1.53. The quantitative estimate of drug-likeness (QED) is 0.916. The molecule has 0 saturated carbocycles. The second-order valence-electron chi connectivity index (χ2n) is 4.17. The van der Waals surface area contributed by atoms with Crippen molar-refractivity contribution in [2.24, 2.45) is 7.05 Å². The second kappa shape index (κ2) is 5.81. The lowest BCUT2D eigenvalue weighted by atomic mass is 10.3. The maximum absolute atomic E-state index is 12.0. The van der Waals surface area contributed by atoms with E-state index in [9.17, 15) is 13.2 Å². The zero-order valence-electron chi connectivity index (χ0n) is 10.7. The highest BCUT2D eigenvalue weighted by Crippen LogP contribution is 2.20. The molecule has 0 radical (unpaired) electrons. The summed E-state index contributed by atoms with van der Waals surface area (Å²) >= 11 is 0. The van der Waals surface area contributed by atoms with Crippen LogP contribution in [0.3, 0.4) is 0 Å². The van der Waals surface area contributed by atoms with Crippen LogP contribution >= 0.6 is 0 Å². The second-order valence-corrected chi connectivity index (χ2v) is 4.17. The first-order valence-corrected chi connectivity index (χ1v) is 5.81. The molecule has 0 saturated heterocycles. The monoisotopic (exact) mass is 286 g/mol. The average Bonchev–Trinajstić information content (AvgIpc) is 2.80. The number of rotatable bonds is 5. The van der Waals surface area contributed by atoms with Crippen molar-refractivity contribution < 1.29 is 17.9 Å². The van der Waals surface area contributed by atoms with Crippen LogP contribution in [0.15, 0.2) is 30.5 Å². The van der Waals surface area contributed by atoms with Crippen LogP contribution in [0.2, 0.25) is 0 Å². The van der Waals surface area contributed by atoms with Gasteiger partial charge in [0.05, 0.1) is 6.54 Å². The Kier molecular flexibility index (Phi) is 4.11. The van der Waals surface area contributed by atoms with Gasteiger partial charge >= 0.3 is 6.18 Å². The molecule has 1 heterocycles. The van der Waals surface area contributed by atoms with E-state index < -0.39 is 12.8 Å². The number of nitrogens with zero attached hydrogens (tertiary/aromatic N) is 3. The molecule has 8 heteroatoms. The molecule has 2 aromatic rings. The number of ether oxygens (including phenoxy) is 1. The van der Waals surface area contributed by atoms with Gasteiger partial charge < -0.3 is 10.1 Å². The molecule has 2 rings (SSSR count). The number of hydrogen-bond acceptors (Lipinski definition) is 4. The summed E-state index contributed by atoms with van der Waals surface area (Å²) in [4.78, 5) is 0. The third-order valence-corrected chi connectivity index (χ3v) is 2.38. The molecular weight excluding hydrogens is 273 g/mol. The van der Waals surface area contributed by atoms with Crippen LogP contribution in [0.4, 0.5) is 18.9 Å². The van der Waals surface area contributed by atoms with Crippen molar-refractivity contribution in [3.63, 3.8) is 0 Å². The number of aryl methyl sites for hydroxylation is 1. The van der Waals surface area contributed by atoms with Crippen LogP contribution in [-0.2, 0) is 13.6 Å². The number of hydrogen-bond donors (Lipinski definition) is 1. The molecule has 1 aromatic carbocycles. The van der Waals surface area contributed by atoms with Crippen LogP contribution in [0.1, 0.15) is 5.69 Å². The van der Waals surface area contributed by atoms with E-state index in [1.165, 1.54) is 12.1 Å². The third kappa shape index (κ3) is 4.45. The molecule has 0 fully saturated rings. The SMILES string of the molecule is Cn1cc(CNc2ccc(OCC(F)(F)F)cc2)nn1. The fraction of sp³-hybridized carbons (Fsp3) is 0.333. The normalized spacial score (nSPS) is 11.4. The Hall–Kier alpha value is -2.25. The summed E-state index contributed by atoms with van der Waals surface area (Å²) in [6.07, 6.45) is -2.56. The van der Waals surface area contributed by atoms with Crippen molar-refractivity contribution in [3.05, 3.63) is 36.2 Å². The number of anilines is 1. The smallest absolute Gasteiger partial charge is 0.422 e. The molecule has 0 aliphatic rings. The third-order valence-electron chi connectivity index (χ3n) is 2.38. The first-order chi connectivity index (χ1) is 9.42. The van der Waals surface area contributed by atoms with Gasteiger partial charge in [0.25, 0.3) is 0 Å². The number of benzene rings is 1. The van der Waals surface area contributed by atoms with Gasteiger partial charge in [-0.05, 0) is 24.3 Å². The Balaban J connectivity index is 1.85. The molecule has 1 N–H and O–H groups in total. The van der Waals surface area contributed by atoms with Gasteiger partial charge in [0, 0.05) is 18.9 Å². The standard InChI is InChI=1S/C12H13F3N4O/c1-19-7-10(17-18-19)6-16-9-2-4-11(5-3-9)20-8-12(13,14)15/h2-5,7,16H,6,8H2,1H3. The largest absolute Gasteiger partial charge is 0.484 e. The van der Waals surface area contributed by atoms with Gasteiger partial charge in [0.1, 0.15) is 11.4 Å². The lowest BCUT2D eigenvalue weighted by molar-refractivity contribution is -0.153. The molecule has 0 unspecified atom stereocenters. The summed E-state index contributed by atoms with van der Waals surface area (Å²) < 4.78 is 42.1. The van der Waals surface area contributed by atoms with E-state index in [0.717, 1.165) is 11.4 Å². The Morgan fingerprint density at radius 1 is 1.25 bits per heavy atom. The van der Waals surface area contributed by atoms with Gasteiger partial charge in [-0.3, -0.25) is 4.68 Å². The van der Waals surface area contributed by atoms with Crippen LogP contribution in [-0.4, -0.2) is 27.8 Å². The maximum atomic E-state index is 12.0. The Labute approximate surface area is 113 Å². The van der Waals surface area contributed by atoms with Gasteiger partial charge in [-0.15, -0.1) is 5.10 Å². The fourth-order valence-electron chi connectivity index (χ4n) is 1.50. The zero-order valence-corrected chi connectivity index (χ0v) is 10.7. The molecule has 0 spiro atoms. The molecule has 0 bridgehead atoms. The van der Waals surface area contributed by atoms with E-state index >= 15 is 0 Å². The molecular formula is C12H13F3N4O. The molecule has 0 amide bonds. The van der Waals surface area contributed by atoms with E-state index in [-0.39, 0.29) is 5.75 Å². The topological polar surface area (TPSA) is 52.0 Å².